The van der Waals surface area contributed by atoms with E-state index in [4.69, 9.17) is 4.74 Å². The van der Waals surface area contributed by atoms with Crippen LogP contribution in [0.4, 0.5) is 4.79 Å². The summed E-state index contributed by atoms with van der Waals surface area (Å²) >= 11 is 0. The van der Waals surface area contributed by atoms with Gasteiger partial charge in [-0.3, -0.25) is 14.5 Å². The van der Waals surface area contributed by atoms with Crippen molar-refractivity contribution in [1.82, 2.24) is 30.7 Å². The molecule has 4 rings (SSSR count). The van der Waals surface area contributed by atoms with Crippen molar-refractivity contribution in [3.05, 3.63) is 28.8 Å². The Morgan fingerprint density at radius 1 is 1.06 bits per heavy atom. The van der Waals surface area contributed by atoms with Crippen molar-refractivity contribution in [3.63, 3.8) is 0 Å². The van der Waals surface area contributed by atoms with E-state index in [-0.39, 0.29) is 30.3 Å². The molecular weight excluding hydrogens is 664 g/mol. The standard InChI is InChI=1S/C35H56N6O10/c1-20-14-23(15-21(2)27(20)45)30(47)36-17-25(44)28(46)29-26(37-22(3)42)24(43)16-35(51-29,31(48)49)9-11-41-13-12-39(7)18-34(41)8-10-40(19-34)32(50)38-33(4,5)6/h14-15,24-26,28-29,43-46H,8-13,16-19H2,1-7H3,(H,36,47)(H,37,42)(H,38,50)(H,48,49)/t24-,25+,26+,28+,29+,34-,35+/m0/s1. The summed E-state index contributed by atoms with van der Waals surface area (Å²) in [5.74, 6) is -2.47. The predicted molar refractivity (Wildman–Crippen MR) is 186 cm³/mol. The number of aromatic hydroxyl groups is 1. The molecule has 3 aliphatic rings. The molecule has 3 saturated heterocycles. The number of amides is 4. The van der Waals surface area contributed by atoms with E-state index in [1.54, 1.807) is 18.7 Å². The van der Waals surface area contributed by atoms with E-state index in [0.717, 1.165) is 0 Å². The van der Waals surface area contributed by atoms with Crippen LogP contribution in [-0.4, -0.2) is 164 Å². The van der Waals surface area contributed by atoms with Gasteiger partial charge in [0.15, 0.2) is 5.60 Å². The number of piperazine rings is 1. The second kappa shape index (κ2) is 15.6. The van der Waals surface area contributed by atoms with Crippen molar-refractivity contribution in [1.29, 1.82) is 0 Å². The number of likely N-dealkylation sites (N-methyl/N-ethyl adjacent to an activating group) is 1. The first kappa shape index (κ1) is 40.2. The number of aryl methyl sites for hydroxylation is 2. The highest BCUT2D eigenvalue weighted by Crippen LogP contribution is 2.38. The maximum atomic E-state index is 13.1. The van der Waals surface area contributed by atoms with Crippen LogP contribution < -0.4 is 16.0 Å². The van der Waals surface area contributed by atoms with Gasteiger partial charge in [0.2, 0.25) is 5.91 Å². The number of hydrogen-bond acceptors (Lipinski definition) is 11. The highest BCUT2D eigenvalue weighted by Gasteiger charge is 2.55. The molecule has 0 aromatic heterocycles. The smallest absolute Gasteiger partial charge is 0.336 e. The van der Waals surface area contributed by atoms with Gasteiger partial charge in [-0.25, -0.2) is 9.59 Å². The van der Waals surface area contributed by atoms with Gasteiger partial charge in [0.1, 0.15) is 18.0 Å². The summed E-state index contributed by atoms with van der Waals surface area (Å²) in [6.07, 6.45) is -6.37. The van der Waals surface area contributed by atoms with Crippen LogP contribution in [0.15, 0.2) is 12.1 Å². The second-order valence-corrected chi connectivity index (χ2v) is 15.7. The first-order valence-electron chi connectivity index (χ1n) is 17.5. The van der Waals surface area contributed by atoms with E-state index in [1.807, 2.05) is 27.8 Å². The van der Waals surface area contributed by atoms with Gasteiger partial charge in [-0.2, -0.15) is 0 Å². The van der Waals surface area contributed by atoms with Gasteiger partial charge in [-0.15, -0.1) is 0 Å². The number of aliphatic carboxylic acids is 1. The third-order valence-corrected chi connectivity index (χ3v) is 10.3. The number of carboxylic acid groups (broad SMARTS) is 1. The number of phenolic OH excluding ortho intramolecular Hbond substituents is 1. The molecule has 0 radical (unpaired) electrons. The number of rotatable bonds is 10. The monoisotopic (exact) mass is 720 g/mol. The van der Waals surface area contributed by atoms with Crippen LogP contribution in [0.3, 0.4) is 0 Å². The molecule has 0 bridgehead atoms. The number of hydrogen-bond donors (Lipinski definition) is 8. The van der Waals surface area contributed by atoms with Gasteiger partial charge in [0.25, 0.3) is 5.91 Å². The Hall–Kier alpha value is -3.54. The fraction of sp³-hybridized carbons (Fsp3) is 0.714. The Morgan fingerprint density at radius 3 is 2.29 bits per heavy atom. The lowest BCUT2D eigenvalue weighted by atomic mass is 9.81. The van der Waals surface area contributed by atoms with E-state index in [0.29, 0.717) is 50.3 Å². The quantitative estimate of drug-likeness (QED) is 0.154. The molecule has 8 N–H and O–H groups in total. The molecule has 0 aliphatic carbocycles. The molecule has 7 atom stereocenters. The Morgan fingerprint density at radius 2 is 1.71 bits per heavy atom. The molecule has 286 valence electrons. The molecule has 1 aromatic carbocycles. The summed E-state index contributed by atoms with van der Waals surface area (Å²) in [6.45, 7) is 12.9. The van der Waals surface area contributed by atoms with Crippen molar-refractivity contribution < 1.29 is 49.4 Å². The van der Waals surface area contributed by atoms with Crippen molar-refractivity contribution in [2.75, 3.05) is 52.9 Å². The number of carboxylic acids is 1. The van der Waals surface area contributed by atoms with E-state index >= 15 is 0 Å². The average Bonchev–Trinajstić information content (AvgIpc) is 3.45. The number of urea groups is 1. The van der Waals surface area contributed by atoms with E-state index < -0.39 is 77.9 Å². The molecule has 16 heteroatoms. The summed E-state index contributed by atoms with van der Waals surface area (Å²) in [7, 11) is 2.00. The number of nitrogens with one attached hydrogen (secondary N) is 3. The number of benzene rings is 1. The maximum absolute atomic E-state index is 13.1. The van der Waals surface area contributed by atoms with Gasteiger partial charge in [-0.05, 0) is 71.3 Å². The average molecular weight is 721 g/mol. The maximum Gasteiger partial charge on any atom is 0.336 e. The number of nitrogens with zero attached hydrogens (tertiary/aromatic N) is 3. The summed E-state index contributed by atoms with van der Waals surface area (Å²) in [4.78, 5) is 57.2. The van der Waals surface area contributed by atoms with Gasteiger partial charge < -0.3 is 56.0 Å². The van der Waals surface area contributed by atoms with Crippen LogP contribution in [0.25, 0.3) is 0 Å². The topological polar surface area (TPSA) is 224 Å². The van der Waals surface area contributed by atoms with Crippen LogP contribution in [0, 0.1) is 13.8 Å². The Labute approximate surface area is 299 Å². The van der Waals surface area contributed by atoms with E-state index in [9.17, 15) is 44.7 Å². The Balaban J connectivity index is 1.52. The number of phenols is 1. The molecule has 0 saturated carbocycles. The van der Waals surface area contributed by atoms with Crippen molar-refractivity contribution >= 4 is 23.8 Å². The summed E-state index contributed by atoms with van der Waals surface area (Å²) in [6, 6.07) is 1.52. The molecule has 3 aliphatic heterocycles. The van der Waals surface area contributed by atoms with Gasteiger partial charge in [-0.1, -0.05) is 0 Å². The minimum absolute atomic E-state index is 0.0532. The van der Waals surface area contributed by atoms with Gasteiger partial charge in [0, 0.05) is 76.7 Å². The SMILES string of the molecule is CC(=O)N[C@H]1[C@H]([C@H](O)[C@H](O)CNC(=O)c2cc(C)c(O)c(C)c2)O[C@@](CCN2CCN(C)C[C@]23CCN(C(=O)NC(C)(C)C)C3)(C(=O)O)C[C@@H]1O. The number of ether oxygens (including phenoxy) is 1. The van der Waals surface area contributed by atoms with E-state index in [1.165, 1.54) is 19.1 Å². The normalized spacial score (nSPS) is 28.7. The minimum atomic E-state index is -2.00. The zero-order valence-electron chi connectivity index (χ0n) is 30.7. The molecule has 3 heterocycles. The third kappa shape index (κ3) is 9.28. The molecule has 1 aromatic rings. The van der Waals surface area contributed by atoms with Crippen LogP contribution >= 0.6 is 0 Å². The predicted octanol–water partition coefficient (Wildman–Crippen LogP) is -0.471. The molecule has 3 fully saturated rings. The number of carbonyl (C=O) groups is 4. The van der Waals surface area contributed by atoms with Crippen molar-refractivity contribution in [2.24, 2.45) is 0 Å². The molecule has 4 amide bonds. The number of carbonyl (C=O) groups excluding carboxylic acids is 3. The fourth-order valence-corrected chi connectivity index (χ4v) is 7.58. The molecule has 51 heavy (non-hydrogen) atoms. The third-order valence-electron chi connectivity index (χ3n) is 10.3. The van der Waals surface area contributed by atoms with Crippen LogP contribution in [-0.2, 0) is 14.3 Å². The van der Waals surface area contributed by atoms with Crippen LogP contribution in [0.5, 0.6) is 5.75 Å². The number of likely N-dealkylation sites (tertiary alicyclic amines) is 1. The lowest BCUT2D eigenvalue weighted by Crippen LogP contribution is -2.68. The molecular formula is C35H56N6O10. The molecule has 16 nitrogen and oxygen atoms in total. The van der Waals surface area contributed by atoms with Gasteiger partial charge in [0.05, 0.1) is 23.8 Å². The second-order valence-electron chi connectivity index (χ2n) is 15.7. The number of aliphatic hydroxyl groups excluding tert-OH is 3. The molecule has 1 spiro atoms. The highest BCUT2D eigenvalue weighted by molar-refractivity contribution is 5.95. The van der Waals surface area contributed by atoms with Crippen molar-refractivity contribution in [3.8, 4) is 5.75 Å². The zero-order valence-corrected chi connectivity index (χ0v) is 30.7. The summed E-state index contributed by atoms with van der Waals surface area (Å²) < 4.78 is 6.18. The van der Waals surface area contributed by atoms with Crippen molar-refractivity contribution in [2.45, 2.75) is 108 Å². The summed E-state index contributed by atoms with van der Waals surface area (Å²) in [5, 5.41) is 62.4. The molecule has 0 unspecified atom stereocenters. The Bertz CT molecular complexity index is 1450. The summed E-state index contributed by atoms with van der Waals surface area (Å²) in [5.41, 5.74) is -1.69. The van der Waals surface area contributed by atoms with Crippen LogP contribution in [0.1, 0.15) is 68.4 Å². The van der Waals surface area contributed by atoms with E-state index in [2.05, 4.69) is 25.8 Å². The zero-order chi connectivity index (χ0) is 38.1. The number of aliphatic hydroxyl groups is 3. The lowest BCUT2D eigenvalue weighted by molar-refractivity contribution is -0.230. The Kier molecular flexibility index (Phi) is 12.3. The largest absolute Gasteiger partial charge is 0.507 e. The first-order valence-corrected chi connectivity index (χ1v) is 17.5. The van der Waals surface area contributed by atoms with Gasteiger partial charge >= 0.3 is 12.0 Å². The first-order chi connectivity index (χ1) is 23.7. The fourth-order valence-electron chi connectivity index (χ4n) is 7.58. The highest BCUT2D eigenvalue weighted by atomic mass is 16.6. The van der Waals surface area contributed by atoms with Crippen LogP contribution in [0.2, 0.25) is 0 Å². The lowest BCUT2D eigenvalue weighted by Gasteiger charge is -2.51. The minimum Gasteiger partial charge on any atom is -0.507 e.